The van der Waals surface area contributed by atoms with Gasteiger partial charge in [0.05, 0.1) is 24.0 Å². The van der Waals surface area contributed by atoms with Crippen LogP contribution in [0, 0.1) is 11.9 Å². The molecule has 2 amide bonds. The van der Waals surface area contributed by atoms with Gasteiger partial charge in [0.25, 0.3) is 5.91 Å². The van der Waals surface area contributed by atoms with E-state index in [1.54, 1.807) is 36.3 Å². The van der Waals surface area contributed by atoms with Gasteiger partial charge in [-0.2, -0.15) is 9.49 Å². The van der Waals surface area contributed by atoms with Crippen LogP contribution in [0.5, 0.6) is 5.75 Å². The van der Waals surface area contributed by atoms with Crippen molar-refractivity contribution in [1.29, 1.82) is 0 Å². The molecule has 0 spiro atoms. The molecule has 3 N–H and O–H groups in total. The van der Waals surface area contributed by atoms with Crippen molar-refractivity contribution >= 4 is 29.0 Å². The fourth-order valence-corrected chi connectivity index (χ4v) is 3.23. The van der Waals surface area contributed by atoms with Gasteiger partial charge < -0.3 is 20.7 Å². The van der Waals surface area contributed by atoms with E-state index in [0.717, 1.165) is 12.8 Å². The maximum atomic E-state index is 14.8. The third-order valence-corrected chi connectivity index (χ3v) is 4.96. The zero-order chi connectivity index (χ0) is 22.8. The number of aryl methyl sites for hydroxylation is 1. The fourth-order valence-electron chi connectivity index (χ4n) is 3.23. The molecule has 4 rings (SSSR count). The van der Waals surface area contributed by atoms with E-state index in [2.05, 4.69) is 31.0 Å². The minimum atomic E-state index is -1.01. The largest absolute Gasteiger partial charge is 0.494 e. The quantitative estimate of drug-likeness (QED) is 0.483. The monoisotopic (exact) mass is 439 g/mol. The number of methoxy groups -OCH3 is 1. The van der Waals surface area contributed by atoms with Crippen LogP contribution < -0.4 is 20.7 Å². The molecule has 2 aromatic heterocycles. The second kappa shape index (κ2) is 8.61. The number of pyridine rings is 1. The van der Waals surface area contributed by atoms with Crippen molar-refractivity contribution in [3.63, 3.8) is 0 Å². The SMILES string of the molecule is CNC(=O)c1c(Nc2cccc(-c3ncn(C)n3)c2OC)cc(NC(=O)C2CC2)nc1F. The molecule has 11 heteroatoms. The fraction of sp³-hybridized carbons (Fsp3) is 0.286. The van der Waals surface area contributed by atoms with Crippen LogP contribution in [0.15, 0.2) is 30.6 Å². The number of nitrogens with one attached hydrogen (secondary N) is 3. The molecule has 3 aromatic rings. The number of aromatic nitrogens is 4. The number of hydrogen-bond acceptors (Lipinski definition) is 7. The molecule has 2 heterocycles. The number of nitrogens with zero attached hydrogens (tertiary/aromatic N) is 4. The van der Waals surface area contributed by atoms with E-state index in [4.69, 9.17) is 4.74 Å². The van der Waals surface area contributed by atoms with Gasteiger partial charge in [-0.05, 0) is 25.0 Å². The third-order valence-electron chi connectivity index (χ3n) is 4.96. The van der Waals surface area contributed by atoms with Crippen molar-refractivity contribution in [3.8, 4) is 17.1 Å². The molecule has 32 heavy (non-hydrogen) atoms. The Balaban J connectivity index is 1.76. The normalized spacial score (nSPS) is 12.9. The van der Waals surface area contributed by atoms with Crippen LogP contribution in [0.4, 0.5) is 21.6 Å². The second-order valence-electron chi connectivity index (χ2n) is 7.32. The molecular formula is C21H22FN7O3. The lowest BCUT2D eigenvalue weighted by atomic mass is 10.1. The molecule has 0 unspecified atom stereocenters. The van der Waals surface area contributed by atoms with Gasteiger partial charge in [0, 0.05) is 26.1 Å². The smallest absolute Gasteiger partial charge is 0.257 e. The third kappa shape index (κ3) is 4.22. The van der Waals surface area contributed by atoms with Crippen molar-refractivity contribution in [1.82, 2.24) is 25.1 Å². The molecule has 166 valence electrons. The number of anilines is 3. The highest BCUT2D eigenvalue weighted by molar-refractivity contribution is 6.02. The van der Waals surface area contributed by atoms with Crippen LogP contribution in [0.1, 0.15) is 23.2 Å². The average molecular weight is 439 g/mol. The summed E-state index contributed by atoms with van der Waals surface area (Å²) in [6.07, 6.45) is 3.15. The molecule has 1 saturated carbocycles. The first-order valence-corrected chi connectivity index (χ1v) is 9.94. The second-order valence-corrected chi connectivity index (χ2v) is 7.32. The Morgan fingerprint density at radius 1 is 1.25 bits per heavy atom. The number of rotatable bonds is 7. The Hall–Kier alpha value is -4.02. The van der Waals surface area contributed by atoms with Crippen molar-refractivity contribution in [2.75, 3.05) is 24.8 Å². The number of carbonyl (C=O) groups is 2. The summed E-state index contributed by atoms with van der Waals surface area (Å²) in [5.41, 5.74) is 0.886. The summed E-state index contributed by atoms with van der Waals surface area (Å²) >= 11 is 0. The highest BCUT2D eigenvalue weighted by Gasteiger charge is 2.30. The van der Waals surface area contributed by atoms with E-state index in [1.807, 2.05) is 0 Å². The molecule has 1 fully saturated rings. The lowest BCUT2D eigenvalue weighted by Crippen LogP contribution is -2.23. The van der Waals surface area contributed by atoms with Crippen LogP contribution in [0.2, 0.25) is 0 Å². The summed E-state index contributed by atoms with van der Waals surface area (Å²) in [6, 6.07) is 6.66. The first-order chi connectivity index (χ1) is 15.4. The molecule has 1 aliphatic rings. The number of halogens is 1. The predicted molar refractivity (Wildman–Crippen MR) is 115 cm³/mol. The number of carbonyl (C=O) groups excluding carboxylic acids is 2. The number of benzene rings is 1. The average Bonchev–Trinajstić information content (AvgIpc) is 3.54. The number of hydrogen-bond donors (Lipinski definition) is 3. The van der Waals surface area contributed by atoms with Gasteiger partial charge in [-0.15, -0.1) is 0 Å². The van der Waals surface area contributed by atoms with Crippen LogP contribution in [-0.2, 0) is 11.8 Å². The zero-order valence-corrected chi connectivity index (χ0v) is 17.8. The Labute approximate surface area is 183 Å². The minimum absolute atomic E-state index is 0.0102. The first kappa shape index (κ1) is 21.2. The van der Waals surface area contributed by atoms with Crippen molar-refractivity contribution in [3.05, 3.63) is 42.1 Å². The molecule has 0 bridgehead atoms. The lowest BCUT2D eigenvalue weighted by Gasteiger charge is -2.17. The van der Waals surface area contributed by atoms with Gasteiger partial charge in [-0.25, -0.2) is 9.97 Å². The number of para-hydroxylation sites is 1. The minimum Gasteiger partial charge on any atom is -0.494 e. The van der Waals surface area contributed by atoms with Gasteiger partial charge in [0.2, 0.25) is 11.9 Å². The van der Waals surface area contributed by atoms with E-state index in [9.17, 15) is 14.0 Å². The van der Waals surface area contributed by atoms with Crippen molar-refractivity contribution in [2.24, 2.45) is 13.0 Å². The highest BCUT2D eigenvalue weighted by Crippen LogP contribution is 2.38. The summed E-state index contributed by atoms with van der Waals surface area (Å²) in [7, 11) is 4.63. The maximum absolute atomic E-state index is 14.8. The predicted octanol–water partition coefficient (Wildman–Crippen LogP) is 2.48. The molecule has 0 aliphatic heterocycles. The molecule has 10 nitrogen and oxygen atoms in total. The van der Waals surface area contributed by atoms with Crippen LogP contribution in [-0.4, -0.2) is 45.7 Å². The van der Waals surface area contributed by atoms with Gasteiger partial charge in [0.15, 0.2) is 11.6 Å². The standard InChI is InChI=1S/C21H22FN7O3/c1-23-21(31)16-14(9-15(26-18(16)22)27-20(30)11-7-8-11)25-13-6-4-5-12(17(13)32-3)19-24-10-29(2)28-19/h4-6,9-11H,7-8H2,1-3H3,(H,23,31)(H2,25,26,27,30). The molecule has 0 atom stereocenters. The Kier molecular flexibility index (Phi) is 5.71. The Morgan fingerprint density at radius 2 is 2.03 bits per heavy atom. The first-order valence-electron chi connectivity index (χ1n) is 9.94. The van der Waals surface area contributed by atoms with Crippen molar-refractivity contribution in [2.45, 2.75) is 12.8 Å². The molecular weight excluding hydrogens is 417 g/mol. The molecule has 0 saturated heterocycles. The Bertz CT molecular complexity index is 1190. The van der Waals surface area contributed by atoms with Gasteiger partial charge in [0.1, 0.15) is 17.7 Å². The molecule has 1 aliphatic carbocycles. The highest BCUT2D eigenvalue weighted by atomic mass is 19.1. The van der Waals surface area contributed by atoms with Crippen molar-refractivity contribution < 1.29 is 18.7 Å². The maximum Gasteiger partial charge on any atom is 0.257 e. The zero-order valence-electron chi connectivity index (χ0n) is 17.8. The molecule has 1 aromatic carbocycles. The Morgan fingerprint density at radius 3 is 2.66 bits per heavy atom. The summed E-state index contributed by atoms with van der Waals surface area (Å²) < 4.78 is 22.0. The van der Waals surface area contributed by atoms with E-state index < -0.39 is 11.9 Å². The summed E-state index contributed by atoms with van der Waals surface area (Å²) in [5, 5.41) is 12.4. The van der Waals surface area contributed by atoms with E-state index in [-0.39, 0.29) is 28.9 Å². The van der Waals surface area contributed by atoms with E-state index in [1.165, 1.54) is 20.2 Å². The van der Waals surface area contributed by atoms with Crippen LogP contribution in [0.25, 0.3) is 11.4 Å². The van der Waals surface area contributed by atoms with E-state index >= 15 is 0 Å². The number of ether oxygens (including phenoxy) is 1. The molecule has 0 radical (unpaired) electrons. The summed E-state index contributed by atoms with van der Waals surface area (Å²) in [6.45, 7) is 0. The lowest BCUT2D eigenvalue weighted by molar-refractivity contribution is -0.117. The summed E-state index contributed by atoms with van der Waals surface area (Å²) in [5.74, 6) is -1.13. The van der Waals surface area contributed by atoms with Crippen LogP contribution in [0.3, 0.4) is 0 Å². The number of amides is 2. The van der Waals surface area contributed by atoms with Gasteiger partial charge in [-0.3, -0.25) is 14.3 Å². The van der Waals surface area contributed by atoms with E-state index in [0.29, 0.717) is 22.8 Å². The summed E-state index contributed by atoms with van der Waals surface area (Å²) in [4.78, 5) is 32.5. The van der Waals surface area contributed by atoms with Gasteiger partial charge in [-0.1, -0.05) is 6.07 Å². The topological polar surface area (TPSA) is 123 Å². The van der Waals surface area contributed by atoms with Crippen LogP contribution >= 0.6 is 0 Å². The van der Waals surface area contributed by atoms with Gasteiger partial charge >= 0.3 is 0 Å².